The molecule has 1 aliphatic rings. The smallest absolute Gasteiger partial charge is 0.222 e. The molecular weight excluding hydrogens is 288 g/mol. The Hall–Kier alpha value is -2.36. The first-order valence-corrected chi connectivity index (χ1v) is 8.08. The van der Waals surface area contributed by atoms with Crippen LogP contribution in [0.15, 0.2) is 48.8 Å². The number of pyridine rings is 1. The summed E-state index contributed by atoms with van der Waals surface area (Å²) >= 11 is 0. The molecule has 1 aromatic carbocycles. The fourth-order valence-corrected chi connectivity index (χ4v) is 2.97. The van der Waals surface area contributed by atoms with Crippen molar-refractivity contribution in [1.29, 1.82) is 0 Å². The Bertz CT molecular complexity index is 657. The summed E-state index contributed by atoms with van der Waals surface area (Å²) in [5, 5.41) is 0. The first kappa shape index (κ1) is 15.5. The first-order valence-electron chi connectivity index (χ1n) is 8.08. The topological polar surface area (TPSA) is 42.4 Å². The van der Waals surface area contributed by atoms with Crippen molar-refractivity contribution in [1.82, 2.24) is 9.88 Å². The van der Waals surface area contributed by atoms with Crippen LogP contribution in [0.5, 0.6) is 5.75 Å². The third-order valence-electron chi connectivity index (χ3n) is 4.41. The van der Waals surface area contributed by atoms with E-state index in [9.17, 15) is 4.79 Å². The molecular formula is C19H22N2O2. The van der Waals surface area contributed by atoms with Gasteiger partial charge in [-0.3, -0.25) is 9.78 Å². The van der Waals surface area contributed by atoms with Gasteiger partial charge >= 0.3 is 0 Å². The predicted molar refractivity (Wildman–Crippen MR) is 89.5 cm³/mol. The van der Waals surface area contributed by atoms with Crippen LogP contribution >= 0.6 is 0 Å². The highest BCUT2D eigenvalue weighted by atomic mass is 16.5. The Balaban J connectivity index is 1.57. The van der Waals surface area contributed by atoms with Gasteiger partial charge in [-0.2, -0.15) is 0 Å². The van der Waals surface area contributed by atoms with Crippen molar-refractivity contribution >= 4 is 5.91 Å². The van der Waals surface area contributed by atoms with Crippen LogP contribution in [-0.4, -0.2) is 36.0 Å². The van der Waals surface area contributed by atoms with Crippen LogP contribution in [0.1, 0.15) is 29.9 Å². The molecule has 120 valence electrons. The maximum atomic E-state index is 12.5. The molecule has 4 heteroatoms. The third-order valence-corrected chi connectivity index (χ3v) is 4.41. The van der Waals surface area contributed by atoms with E-state index in [4.69, 9.17) is 4.74 Å². The van der Waals surface area contributed by atoms with Crippen LogP contribution in [0, 0.1) is 0 Å². The van der Waals surface area contributed by atoms with Gasteiger partial charge in [0, 0.05) is 32.4 Å². The maximum Gasteiger partial charge on any atom is 0.222 e. The van der Waals surface area contributed by atoms with Gasteiger partial charge in [0.15, 0.2) is 0 Å². The number of rotatable bonds is 5. The number of aromatic nitrogens is 1. The fraction of sp³-hybridized carbons (Fsp3) is 0.368. The molecule has 1 aromatic heterocycles. The van der Waals surface area contributed by atoms with Crippen LogP contribution in [0.2, 0.25) is 0 Å². The number of fused-ring (bicyclic) bond motifs is 1. The summed E-state index contributed by atoms with van der Waals surface area (Å²) in [6, 6.07) is 12.0. The molecule has 4 nitrogen and oxygen atoms in total. The zero-order chi connectivity index (χ0) is 16.1. The van der Waals surface area contributed by atoms with E-state index in [-0.39, 0.29) is 11.8 Å². The maximum absolute atomic E-state index is 12.5. The average molecular weight is 310 g/mol. The summed E-state index contributed by atoms with van der Waals surface area (Å²) in [5.74, 6) is 1.38. The van der Waals surface area contributed by atoms with Gasteiger partial charge in [-0.05, 0) is 48.1 Å². The average Bonchev–Trinajstić information content (AvgIpc) is 2.61. The van der Waals surface area contributed by atoms with Crippen LogP contribution in [0.3, 0.4) is 0 Å². The number of ether oxygens (including phenoxy) is 1. The Morgan fingerprint density at radius 2 is 2.04 bits per heavy atom. The highest BCUT2D eigenvalue weighted by molar-refractivity contribution is 5.77. The van der Waals surface area contributed by atoms with E-state index in [1.165, 1.54) is 5.56 Å². The van der Waals surface area contributed by atoms with Gasteiger partial charge in [0.1, 0.15) is 5.75 Å². The molecule has 3 rings (SSSR count). The van der Waals surface area contributed by atoms with Crippen molar-refractivity contribution in [3.8, 4) is 5.75 Å². The number of para-hydroxylation sites is 1. The van der Waals surface area contributed by atoms with Crippen molar-refractivity contribution in [2.45, 2.75) is 25.2 Å². The Labute approximate surface area is 137 Å². The number of carbonyl (C=O) groups excluding carboxylic acids is 1. The SMILES string of the molecule is CN(CCc1ccncc1)C(=O)C[C@@H]1CCOc2ccccc21. The summed E-state index contributed by atoms with van der Waals surface area (Å²) in [4.78, 5) is 18.4. The molecule has 2 heterocycles. The lowest BCUT2D eigenvalue weighted by Crippen LogP contribution is -2.31. The van der Waals surface area contributed by atoms with E-state index in [2.05, 4.69) is 11.1 Å². The number of nitrogens with zero attached hydrogens (tertiary/aromatic N) is 2. The number of carbonyl (C=O) groups is 1. The number of amides is 1. The summed E-state index contributed by atoms with van der Waals surface area (Å²) in [7, 11) is 1.88. The van der Waals surface area contributed by atoms with Crippen LogP contribution in [0.25, 0.3) is 0 Å². The molecule has 23 heavy (non-hydrogen) atoms. The van der Waals surface area contributed by atoms with E-state index in [0.717, 1.165) is 30.7 Å². The van der Waals surface area contributed by atoms with Crippen molar-refractivity contribution in [3.63, 3.8) is 0 Å². The van der Waals surface area contributed by atoms with Crippen LogP contribution in [-0.2, 0) is 11.2 Å². The van der Waals surface area contributed by atoms with Crippen LogP contribution < -0.4 is 4.74 Å². The summed E-state index contributed by atoms with van der Waals surface area (Å²) < 4.78 is 5.67. The van der Waals surface area contributed by atoms with E-state index in [1.54, 1.807) is 12.4 Å². The number of benzene rings is 1. The lowest BCUT2D eigenvalue weighted by molar-refractivity contribution is -0.130. The minimum atomic E-state index is 0.195. The zero-order valence-electron chi connectivity index (χ0n) is 13.4. The van der Waals surface area contributed by atoms with Crippen LogP contribution in [0.4, 0.5) is 0 Å². The van der Waals surface area contributed by atoms with Gasteiger partial charge < -0.3 is 9.64 Å². The lowest BCUT2D eigenvalue weighted by atomic mass is 9.90. The molecule has 0 saturated carbocycles. The standard InChI is InChI=1S/C19H22N2O2/c1-21(12-8-15-6-10-20-11-7-15)19(22)14-16-9-13-23-18-5-3-2-4-17(16)18/h2-7,10-11,16H,8-9,12-14H2,1H3/t16-/m0/s1. The number of likely N-dealkylation sites (N-methyl/N-ethyl adjacent to an activating group) is 1. The molecule has 0 bridgehead atoms. The lowest BCUT2D eigenvalue weighted by Gasteiger charge is -2.27. The molecule has 1 amide bonds. The second-order valence-electron chi connectivity index (χ2n) is 6.00. The largest absolute Gasteiger partial charge is 0.493 e. The predicted octanol–water partition coefficient (Wildman–Crippen LogP) is 3.04. The van der Waals surface area contributed by atoms with Gasteiger partial charge in [-0.15, -0.1) is 0 Å². The number of hydrogen-bond acceptors (Lipinski definition) is 3. The summed E-state index contributed by atoms with van der Waals surface area (Å²) in [6.07, 6.45) is 5.88. The monoisotopic (exact) mass is 310 g/mol. The van der Waals surface area contributed by atoms with Gasteiger partial charge in [-0.1, -0.05) is 18.2 Å². The molecule has 0 radical (unpaired) electrons. The van der Waals surface area contributed by atoms with Gasteiger partial charge in [0.2, 0.25) is 5.91 Å². The Morgan fingerprint density at radius 1 is 1.26 bits per heavy atom. The molecule has 0 aliphatic carbocycles. The van der Waals surface area contributed by atoms with Gasteiger partial charge in [-0.25, -0.2) is 0 Å². The van der Waals surface area contributed by atoms with E-state index >= 15 is 0 Å². The second-order valence-corrected chi connectivity index (χ2v) is 6.00. The Kier molecular flexibility index (Phi) is 4.91. The molecule has 0 spiro atoms. The molecule has 0 saturated heterocycles. The molecule has 1 atom stereocenters. The molecule has 0 N–H and O–H groups in total. The van der Waals surface area contributed by atoms with Gasteiger partial charge in [0.05, 0.1) is 6.61 Å². The summed E-state index contributed by atoms with van der Waals surface area (Å²) in [5.41, 5.74) is 2.37. The third kappa shape index (κ3) is 3.89. The van der Waals surface area contributed by atoms with Crippen molar-refractivity contribution in [2.75, 3.05) is 20.2 Å². The minimum absolute atomic E-state index is 0.195. The quantitative estimate of drug-likeness (QED) is 0.852. The van der Waals surface area contributed by atoms with Crippen molar-refractivity contribution in [2.24, 2.45) is 0 Å². The number of hydrogen-bond donors (Lipinski definition) is 0. The van der Waals surface area contributed by atoms with E-state index in [0.29, 0.717) is 13.0 Å². The van der Waals surface area contributed by atoms with Crippen molar-refractivity contribution in [3.05, 3.63) is 59.9 Å². The Morgan fingerprint density at radius 3 is 2.87 bits per heavy atom. The molecule has 2 aromatic rings. The van der Waals surface area contributed by atoms with Gasteiger partial charge in [0.25, 0.3) is 0 Å². The van der Waals surface area contributed by atoms with E-state index in [1.807, 2.05) is 42.3 Å². The normalized spacial score (nSPS) is 16.3. The zero-order valence-corrected chi connectivity index (χ0v) is 13.4. The highest BCUT2D eigenvalue weighted by Gasteiger charge is 2.24. The van der Waals surface area contributed by atoms with Crippen molar-refractivity contribution < 1.29 is 9.53 Å². The highest BCUT2D eigenvalue weighted by Crippen LogP contribution is 2.35. The second kappa shape index (κ2) is 7.27. The fourth-order valence-electron chi connectivity index (χ4n) is 2.97. The minimum Gasteiger partial charge on any atom is -0.493 e. The van der Waals surface area contributed by atoms with E-state index < -0.39 is 0 Å². The summed E-state index contributed by atoms with van der Waals surface area (Å²) in [6.45, 7) is 1.42. The molecule has 0 fully saturated rings. The molecule has 0 unspecified atom stereocenters. The molecule has 1 aliphatic heterocycles. The first-order chi connectivity index (χ1) is 11.2.